The largest absolute Gasteiger partial charge is 0.494 e. The van der Waals surface area contributed by atoms with Crippen molar-refractivity contribution in [2.24, 2.45) is 16.6 Å². The first-order chi connectivity index (χ1) is 14.8. The smallest absolute Gasteiger partial charge is 0.255 e. The lowest BCUT2D eigenvalue weighted by Crippen LogP contribution is -2.44. The van der Waals surface area contributed by atoms with Gasteiger partial charge in [0.25, 0.3) is 6.43 Å². The minimum atomic E-state index is -2.54. The molecular weight excluding hydrogens is 400 g/mol. The SMILES string of the molecule is CCCCCOc1ccc(C)c(C(C=O)(N=C(N)N(C)CC(F)F)C2CCCCC2)c1. The molecule has 0 aromatic heterocycles. The highest BCUT2D eigenvalue weighted by atomic mass is 19.3. The number of ether oxygens (including phenoxy) is 1. The molecule has 0 spiro atoms. The number of halogens is 2. The molecule has 1 aliphatic carbocycles. The molecule has 7 heteroatoms. The molecule has 174 valence electrons. The number of nitrogens with two attached hydrogens (primary N) is 1. The molecule has 2 rings (SSSR count). The molecule has 1 aromatic carbocycles. The number of hydrogen-bond donors (Lipinski definition) is 1. The zero-order valence-electron chi connectivity index (χ0n) is 19.1. The lowest BCUT2D eigenvalue weighted by Gasteiger charge is -2.38. The van der Waals surface area contributed by atoms with Crippen molar-refractivity contribution in [2.75, 3.05) is 20.2 Å². The van der Waals surface area contributed by atoms with E-state index in [9.17, 15) is 13.6 Å². The molecule has 5 nitrogen and oxygen atoms in total. The van der Waals surface area contributed by atoms with Gasteiger partial charge >= 0.3 is 0 Å². The van der Waals surface area contributed by atoms with Gasteiger partial charge in [0.05, 0.1) is 13.2 Å². The number of guanidine groups is 1. The van der Waals surface area contributed by atoms with Gasteiger partial charge < -0.3 is 20.2 Å². The van der Waals surface area contributed by atoms with E-state index in [1.54, 1.807) is 0 Å². The molecule has 1 aromatic rings. The van der Waals surface area contributed by atoms with Crippen molar-refractivity contribution >= 4 is 12.2 Å². The zero-order chi connectivity index (χ0) is 22.9. The summed E-state index contributed by atoms with van der Waals surface area (Å²) in [6.07, 6.45) is 6.30. The van der Waals surface area contributed by atoms with E-state index in [1.165, 1.54) is 11.9 Å². The fourth-order valence-electron chi connectivity index (χ4n) is 4.34. The van der Waals surface area contributed by atoms with Crippen LogP contribution in [0.15, 0.2) is 23.2 Å². The Morgan fingerprint density at radius 2 is 2.03 bits per heavy atom. The number of carbonyl (C=O) groups excluding carboxylic acids is 1. The third kappa shape index (κ3) is 6.65. The van der Waals surface area contributed by atoms with Gasteiger partial charge in [-0.15, -0.1) is 0 Å². The molecule has 1 saturated carbocycles. The van der Waals surface area contributed by atoms with Crippen LogP contribution in [0.5, 0.6) is 5.75 Å². The number of unbranched alkanes of at least 4 members (excludes halogenated alkanes) is 2. The second-order valence-corrected chi connectivity index (χ2v) is 8.55. The lowest BCUT2D eigenvalue weighted by atomic mass is 9.71. The molecule has 1 atom stereocenters. The van der Waals surface area contributed by atoms with Crippen molar-refractivity contribution < 1.29 is 18.3 Å². The number of benzene rings is 1. The van der Waals surface area contributed by atoms with Crippen molar-refractivity contribution in [3.8, 4) is 5.75 Å². The molecule has 0 aliphatic heterocycles. The van der Waals surface area contributed by atoms with Gasteiger partial charge in [0, 0.05) is 7.05 Å². The molecular formula is C24H37F2N3O2. The van der Waals surface area contributed by atoms with E-state index in [1.807, 2.05) is 25.1 Å². The van der Waals surface area contributed by atoms with Crippen LogP contribution in [0.1, 0.15) is 69.4 Å². The maximum atomic E-state index is 12.9. The van der Waals surface area contributed by atoms with Gasteiger partial charge in [-0.05, 0) is 55.4 Å². The van der Waals surface area contributed by atoms with Crippen molar-refractivity contribution in [2.45, 2.75) is 77.2 Å². The zero-order valence-corrected chi connectivity index (χ0v) is 19.1. The topological polar surface area (TPSA) is 67.9 Å². The maximum Gasteiger partial charge on any atom is 0.255 e. The van der Waals surface area contributed by atoms with Gasteiger partial charge in [0.1, 0.15) is 11.3 Å². The van der Waals surface area contributed by atoms with Crippen LogP contribution < -0.4 is 10.5 Å². The Kier molecular flexibility index (Phi) is 9.72. The van der Waals surface area contributed by atoms with E-state index in [0.717, 1.165) is 68.8 Å². The predicted molar refractivity (Wildman–Crippen MR) is 121 cm³/mol. The summed E-state index contributed by atoms with van der Waals surface area (Å²) in [4.78, 5) is 18.6. The van der Waals surface area contributed by atoms with Crippen LogP contribution in [-0.2, 0) is 10.3 Å². The molecule has 31 heavy (non-hydrogen) atoms. The Morgan fingerprint density at radius 3 is 2.65 bits per heavy atom. The normalized spacial score (nSPS) is 17.4. The number of alkyl halides is 2. The maximum absolute atomic E-state index is 12.9. The van der Waals surface area contributed by atoms with E-state index in [0.29, 0.717) is 12.4 Å². The Hall–Kier alpha value is -2.18. The Bertz CT molecular complexity index is 736. The first-order valence-electron chi connectivity index (χ1n) is 11.4. The minimum absolute atomic E-state index is 0.0358. The number of nitrogens with zero attached hydrogens (tertiary/aromatic N) is 2. The standard InChI is InChI=1S/C24H37F2N3O2/c1-4-5-9-14-31-20-13-12-18(2)21(15-20)24(17-30,19-10-7-6-8-11-19)28-23(27)29(3)16-22(25)26/h12-13,15,17,19,22H,4-11,14,16H2,1-3H3,(H2,27,28). The summed E-state index contributed by atoms with van der Waals surface area (Å²) in [5, 5.41) is 0. The average molecular weight is 438 g/mol. The van der Waals surface area contributed by atoms with Crippen molar-refractivity contribution in [3.05, 3.63) is 29.3 Å². The van der Waals surface area contributed by atoms with Crippen molar-refractivity contribution in [1.82, 2.24) is 4.90 Å². The summed E-state index contributed by atoms with van der Waals surface area (Å²) < 4.78 is 31.7. The van der Waals surface area contributed by atoms with E-state index >= 15 is 0 Å². The van der Waals surface area contributed by atoms with Crippen LogP contribution in [0.25, 0.3) is 0 Å². The molecule has 0 amide bonds. The third-order valence-electron chi connectivity index (χ3n) is 6.17. The summed E-state index contributed by atoms with van der Waals surface area (Å²) >= 11 is 0. The minimum Gasteiger partial charge on any atom is -0.494 e. The third-order valence-corrected chi connectivity index (χ3v) is 6.17. The summed E-state index contributed by atoms with van der Waals surface area (Å²) in [6.45, 7) is 4.15. The van der Waals surface area contributed by atoms with Crippen LogP contribution in [0.4, 0.5) is 8.78 Å². The van der Waals surface area contributed by atoms with Crippen molar-refractivity contribution in [1.29, 1.82) is 0 Å². The number of carbonyl (C=O) groups is 1. The Balaban J connectivity index is 2.47. The van der Waals surface area contributed by atoms with Gasteiger partial charge in [-0.3, -0.25) is 0 Å². The number of aliphatic imine (C=N–C) groups is 1. The number of rotatable bonds is 11. The van der Waals surface area contributed by atoms with E-state index in [2.05, 4.69) is 11.9 Å². The van der Waals surface area contributed by atoms with Crippen LogP contribution in [-0.4, -0.2) is 43.8 Å². The quantitative estimate of drug-likeness (QED) is 0.228. The highest BCUT2D eigenvalue weighted by Gasteiger charge is 2.42. The molecule has 0 saturated heterocycles. The highest BCUT2D eigenvalue weighted by molar-refractivity contribution is 5.82. The summed E-state index contributed by atoms with van der Waals surface area (Å²) in [7, 11) is 1.47. The molecule has 0 radical (unpaired) electrons. The molecule has 1 unspecified atom stereocenters. The summed E-state index contributed by atoms with van der Waals surface area (Å²) in [6, 6.07) is 5.71. The highest BCUT2D eigenvalue weighted by Crippen LogP contribution is 2.43. The molecule has 1 fully saturated rings. The van der Waals surface area contributed by atoms with Gasteiger partial charge in [-0.1, -0.05) is 45.1 Å². The van der Waals surface area contributed by atoms with Crippen LogP contribution >= 0.6 is 0 Å². The van der Waals surface area contributed by atoms with Gasteiger partial charge in [-0.2, -0.15) is 0 Å². The van der Waals surface area contributed by atoms with Crippen LogP contribution in [0.2, 0.25) is 0 Å². The summed E-state index contributed by atoms with van der Waals surface area (Å²) in [5.74, 6) is 0.603. The van der Waals surface area contributed by atoms with Gasteiger partial charge in [0.15, 0.2) is 12.2 Å². The van der Waals surface area contributed by atoms with E-state index in [4.69, 9.17) is 10.5 Å². The average Bonchev–Trinajstić information content (AvgIpc) is 2.76. The summed E-state index contributed by atoms with van der Waals surface area (Å²) in [5.41, 5.74) is 6.57. The molecule has 0 bridgehead atoms. The van der Waals surface area contributed by atoms with E-state index in [-0.39, 0.29) is 11.9 Å². The van der Waals surface area contributed by atoms with Crippen molar-refractivity contribution in [3.63, 3.8) is 0 Å². The lowest BCUT2D eigenvalue weighted by molar-refractivity contribution is -0.114. The number of hydrogen-bond acceptors (Lipinski definition) is 3. The Morgan fingerprint density at radius 1 is 1.32 bits per heavy atom. The van der Waals surface area contributed by atoms with Crippen LogP contribution in [0.3, 0.4) is 0 Å². The van der Waals surface area contributed by atoms with Gasteiger partial charge in [-0.25, -0.2) is 13.8 Å². The number of aryl methyl sites for hydroxylation is 1. The second kappa shape index (κ2) is 12.0. The predicted octanol–water partition coefficient (Wildman–Crippen LogP) is 5.05. The molecule has 0 heterocycles. The molecule has 1 aliphatic rings. The first-order valence-corrected chi connectivity index (χ1v) is 11.4. The van der Waals surface area contributed by atoms with Gasteiger partial charge in [0.2, 0.25) is 0 Å². The monoisotopic (exact) mass is 437 g/mol. The second-order valence-electron chi connectivity index (χ2n) is 8.55. The number of aldehydes is 1. The fourth-order valence-corrected chi connectivity index (χ4v) is 4.34. The van der Waals surface area contributed by atoms with Crippen LogP contribution in [0, 0.1) is 12.8 Å². The fraction of sp³-hybridized carbons (Fsp3) is 0.667. The van der Waals surface area contributed by atoms with E-state index < -0.39 is 18.5 Å². The first kappa shape index (κ1) is 25.1. The Labute approximate surface area is 185 Å². The molecule has 2 N–H and O–H groups in total.